The first-order valence-electron chi connectivity index (χ1n) is 8.07. The number of fused-ring (bicyclic) bond motifs is 1. The zero-order valence-corrected chi connectivity index (χ0v) is 12.9. The molecule has 1 aliphatic carbocycles. The maximum atomic E-state index is 6.10. The largest absolute Gasteiger partial charge is 0.372 e. The molecule has 0 radical (unpaired) electrons. The second kappa shape index (κ2) is 6.60. The summed E-state index contributed by atoms with van der Waals surface area (Å²) in [5, 5.41) is 0. The molecule has 0 unspecified atom stereocenters. The highest BCUT2D eigenvalue weighted by molar-refractivity contribution is 5.40. The highest BCUT2D eigenvalue weighted by Gasteiger charge is 2.43. The van der Waals surface area contributed by atoms with Crippen molar-refractivity contribution in [1.29, 1.82) is 0 Å². The third-order valence-corrected chi connectivity index (χ3v) is 4.57. The Kier molecular flexibility index (Phi) is 4.17. The zero-order chi connectivity index (χ0) is 15.5. The third-order valence-electron chi connectivity index (χ3n) is 4.57. The minimum Gasteiger partial charge on any atom is -0.372 e. The number of rotatable bonds is 4. The van der Waals surface area contributed by atoms with Crippen LogP contribution in [0.5, 0.6) is 0 Å². The van der Waals surface area contributed by atoms with Crippen molar-refractivity contribution < 1.29 is 9.47 Å². The van der Waals surface area contributed by atoms with Gasteiger partial charge in [0.25, 0.3) is 0 Å². The number of morpholine rings is 1. The van der Waals surface area contributed by atoms with E-state index < -0.39 is 0 Å². The van der Waals surface area contributed by atoms with Crippen LogP contribution in [0.2, 0.25) is 0 Å². The molecule has 6 heteroatoms. The fourth-order valence-electron chi connectivity index (χ4n) is 3.51. The molecule has 2 fully saturated rings. The van der Waals surface area contributed by atoms with E-state index in [0.717, 1.165) is 30.9 Å². The topological polar surface area (TPSA) is 60.4 Å². The van der Waals surface area contributed by atoms with Crippen LogP contribution >= 0.6 is 0 Å². The summed E-state index contributed by atoms with van der Waals surface area (Å²) in [6.45, 7) is 2.10. The highest BCUT2D eigenvalue weighted by atomic mass is 16.5. The van der Waals surface area contributed by atoms with Gasteiger partial charge in [-0.25, -0.2) is 9.97 Å². The van der Waals surface area contributed by atoms with Crippen molar-refractivity contribution in [1.82, 2.24) is 15.0 Å². The van der Waals surface area contributed by atoms with Gasteiger partial charge in [-0.2, -0.15) is 0 Å². The number of hydrogen-bond donors (Lipinski definition) is 0. The fourth-order valence-corrected chi connectivity index (χ4v) is 3.51. The van der Waals surface area contributed by atoms with Crippen molar-refractivity contribution in [2.75, 3.05) is 18.1 Å². The fraction of sp³-hybridized carbons (Fsp3) is 0.471. The average Bonchev–Trinajstić information content (AvgIpc) is 3.05. The summed E-state index contributed by atoms with van der Waals surface area (Å²) < 4.78 is 12.1. The Labute approximate surface area is 135 Å². The minimum atomic E-state index is 0.0995. The smallest absolute Gasteiger partial charge is 0.132 e. The normalized spacial score (nSPS) is 27.0. The number of ether oxygens (including phenoxy) is 2. The molecule has 0 spiro atoms. The number of hydrogen-bond acceptors (Lipinski definition) is 6. The van der Waals surface area contributed by atoms with Crippen LogP contribution in [0.25, 0.3) is 0 Å². The van der Waals surface area contributed by atoms with E-state index in [1.165, 1.54) is 0 Å². The van der Waals surface area contributed by atoms with Gasteiger partial charge in [0, 0.05) is 18.9 Å². The van der Waals surface area contributed by atoms with E-state index in [-0.39, 0.29) is 12.2 Å². The van der Waals surface area contributed by atoms with Gasteiger partial charge in [-0.05, 0) is 31.0 Å². The van der Waals surface area contributed by atoms with Crippen LogP contribution in [0.1, 0.15) is 18.5 Å². The van der Waals surface area contributed by atoms with Gasteiger partial charge in [-0.3, -0.25) is 4.98 Å². The predicted octanol–water partition coefficient (Wildman–Crippen LogP) is 1.82. The van der Waals surface area contributed by atoms with Crippen molar-refractivity contribution in [2.24, 2.45) is 0 Å². The van der Waals surface area contributed by atoms with Crippen LogP contribution in [0.3, 0.4) is 0 Å². The van der Waals surface area contributed by atoms with E-state index in [9.17, 15) is 0 Å². The molecule has 1 saturated heterocycles. The van der Waals surface area contributed by atoms with E-state index in [2.05, 4.69) is 19.9 Å². The van der Waals surface area contributed by atoms with E-state index in [4.69, 9.17) is 9.47 Å². The van der Waals surface area contributed by atoms with Gasteiger partial charge in [-0.1, -0.05) is 6.07 Å². The summed E-state index contributed by atoms with van der Waals surface area (Å²) in [7, 11) is 0. The number of pyridine rings is 1. The summed E-state index contributed by atoms with van der Waals surface area (Å²) >= 11 is 0. The molecule has 3 atom stereocenters. The lowest BCUT2D eigenvalue weighted by Gasteiger charge is -2.39. The van der Waals surface area contributed by atoms with Crippen molar-refractivity contribution in [2.45, 2.75) is 37.7 Å². The molecule has 23 heavy (non-hydrogen) atoms. The Morgan fingerprint density at radius 3 is 3.00 bits per heavy atom. The summed E-state index contributed by atoms with van der Waals surface area (Å²) in [4.78, 5) is 15.0. The van der Waals surface area contributed by atoms with E-state index in [1.54, 1.807) is 18.7 Å². The van der Waals surface area contributed by atoms with Gasteiger partial charge < -0.3 is 14.4 Å². The number of anilines is 1. The molecule has 1 saturated carbocycles. The first-order chi connectivity index (χ1) is 11.4. The molecule has 2 aromatic rings. The first-order valence-corrected chi connectivity index (χ1v) is 8.07. The molecule has 0 aromatic carbocycles. The Hall–Kier alpha value is -2.05. The summed E-state index contributed by atoms with van der Waals surface area (Å²) in [5.41, 5.74) is 0.958. The summed E-state index contributed by atoms with van der Waals surface area (Å²) in [6.07, 6.45) is 7.46. The van der Waals surface area contributed by atoms with Crippen LogP contribution in [-0.4, -0.2) is 46.4 Å². The molecule has 0 bridgehead atoms. The predicted molar refractivity (Wildman–Crippen MR) is 85.0 cm³/mol. The Balaban J connectivity index is 1.43. The van der Waals surface area contributed by atoms with Gasteiger partial charge in [0.1, 0.15) is 18.2 Å². The zero-order valence-electron chi connectivity index (χ0n) is 12.9. The molecule has 0 amide bonds. The van der Waals surface area contributed by atoms with Crippen LogP contribution in [0.4, 0.5) is 5.82 Å². The van der Waals surface area contributed by atoms with E-state index in [0.29, 0.717) is 19.3 Å². The summed E-state index contributed by atoms with van der Waals surface area (Å²) in [6, 6.07) is 8.18. The lowest BCUT2D eigenvalue weighted by Crippen LogP contribution is -2.52. The lowest BCUT2D eigenvalue weighted by molar-refractivity contribution is -0.0777. The standard InChI is InChI=1S/C17H20N4O2/c1-2-7-19-13(3-1)11-23-15-5-4-14-17(15)22-10-9-21(14)16-6-8-18-12-20-16/h1-3,6-8,12,14-15,17H,4-5,9-11H2/t14-,15-,17+/m0/s1. The second-order valence-corrected chi connectivity index (χ2v) is 5.91. The number of aromatic nitrogens is 3. The Morgan fingerprint density at radius 1 is 1.17 bits per heavy atom. The van der Waals surface area contributed by atoms with Gasteiger partial charge in [0.2, 0.25) is 0 Å². The second-order valence-electron chi connectivity index (χ2n) is 5.91. The Morgan fingerprint density at radius 2 is 2.17 bits per heavy atom. The van der Waals surface area contributed by atoms with Gasteiger partial charge in [-0.15, -0.1) is 0 Å². The van der Waals surface area contributed by atoms with Gasteiger partial charge in [0.05, 0.1) is 31.1 Å². The minimum absolute atomic E-state index is 0.0995. The molecule has 4 rings (SSSR count). The van der Waals surface area contributed by atoms with Crippen LogP contribution < -0.4 is 4.90 Å². The molecular weight excluding hydrogens is 292 g/mol. The highest BCUT2D eigenvalue weighted by Crippen LogP contribution is 2.34. The molecule has 120 valence electrons. The molecular formula is C17H20N4O2. The van der Waals surface area contributed by atoms with Crippen LogP contribution in [0.15, 0.2) is 43.0 Å². The van der Waals surface area contributed by atoms with Gasteiger partial charge >= 0.3 is 0 Å². The quantitative estimate of drug-likeness (QED) is 0.858. The molecule has 1 aliphatic heterocycles. The van der Waals surface area contributed by atoms with E-state index >= 15 is 0 Å². The first kappa shape index (κ1) is 14.5. The SMILES string of the molecule is c1ccc(CO[C@H]2CC[C@H]3[C@H]2OCCN3c2ccncn2)nc1. The monoisotopic (exact) mass is 312 g/mol. The number of nitrogens with zero attached hydrogens (tertiary/aromatic N) is 4. The molecule has 2 aromatic heterocycles. The van der Waals surface area contributed by atoms with Crippen LogP contribution in [0, 0.1) is 0 Å². The maximum Gasteiger partial charge on any atom is 0.132 e. The Bertz CT molecular complexity index is 625. The molecule has 6 nitrogen and oxygen atoms in total. The molecule has 2 aliphatic rings. The molecule has 0 N–H and O–H groups in total. The maximum absolute atomic E-state index is 6.10. The van der Waals surface area contributed by atoms with Gasteiger partial charge in [0.15, 0.2) is 0 Å². The van der Waals surface area contributed by atoms with Crippen molar-refractivity contribution in [3.63, 3.8) is 0 Å². The summed E-state index contributed by atoms with van der Waals surface area (Å²) in [5.74, 6) is 0.976. The van der Waals surface area contributed by atoms with Crippen molar-refractivity contribution in [3.8, 4) is 0 Å². The van der Waals surface area contributed by atoms with Crippen LogP contribution in [-0.2, 0) is 16.1 Å². The third kappa shape index (κ3) is 3.04. The van der Waals surface area contributed by atoms with Crippen molar-refractivity contribution in [3.05, 3.63) is 48.7 Å². The average molecular weight is 312 g/mol. The molecule has 3 heterocycles. The lowest BCUT2D eigenvalue weighted by atomic mass is 10.1. The van der Waals surface area contributed by atoms with E-state index in [1.807, 2.05) is 24.3 Å². The van der Waals surface area contributed by atoms with Crippen molar-refractivity contribution >= 4 is 5.82 Å².